The summed E-state index contributed by atoms with van der Waals surface area (Å²) in [6, 6.07) is -0.723. The maximum Gasteiger partial charge on any atom is 0.306 e. The van der Waals surface area contributed by atoms with Crippen molar-refractivity contribution in [2.75, 3.05) is 6.61 Å². The van der Waals surface area contributed by atoms with Gasteiger partial charge in [-0.3, -0.25) is 9.59 Å². The third kappa shape index (κ3) is 43.7. The van der Waals surface area contributed by atoms with Crippen LogP contribution in [0.5, 0.6) is 0 Å². The topological polar surface area (TPSA) is 95.9 Å². The van der Waals surface area contributed by atoms with Crippen LogP contribution in [0, 0.1) is 0 Å². The maximum absolute atomic E-state index is 13.2. The molecule has 0 aromatic rings. The van der Waals surface area contributed by atoms with Gasteiger partial charge in [0.25, 0.3) is 0 Å². The molecule has 0 heterocycles. The quantitative estimate of drug-likeness (QED) is 0.0245. The fourth-order valence-corrected chi connectivity index (χ4v) is 7.35. The molecule has 1 amide bonds. The number of amides is 1. The summed E-state index contributed by atoms with van der Waals surface area (Å²) >= 11 is 0. The van der Waals surface area contributed by atoms with E-state index in [9.17, 15) is 19.8 Å². The van der Waals surface area contributed by atoms with Crippen molar-refractivity contribution in [3.05, 3.63) is 72.9 Å². The van der Waals surface area contributed by atoms with E-state index in [1.807, 2.05) is 0 Å². The van der Waals surface area contributed by atoms with Gasteiger partial charge in [0, 0.05) is 6.42 Å². The second-order valence-corrected chi connectivity index (χ2v) is 17.2. The number of carbonyl (C=O) groups is 2. The van der Waals surface area contributed by atoms with Crippen molar-refractivity contribution in [3.8, 4) is 0 Å². The van der Waals surface area contributed by atoms with Crippen LogP contribution in [0.3, 0.4) is 0 Å². The molecule has 6 nitrogen and oxygen atoms in total. The Morgan fingerprint density at radius 2 is 0.902 bits per heavy atom. The van der Waals surface area contributed by atoms with E-state index in [0.29, 0.717) is 19.3 Å². The number of nitrogens with one attached hydrogen (secondary N) is 1. The molecule has 6 heteroatoms. The van der Waals surface area contributed by atoms with Gasteiger partial charge in [0.2, 0.25) is 5.91 Å². The first-order chi connectivity index (χ1) is 30.0. The van der Waals surface area contributed by atoms with Crippen LogP contribution in [0.2, 0.25) is 0 Å². The summed E-state index contributed by atoms with van der Waals surface area (Å²) in [6.45, 7) is 6.39. The van der Waals surface area contributed by atoms with Crippen molar-refractivity contribution in [2.24, 2.45) is 0 Å². The maximum atomic E-state index is 13.2. The molecule has 0 saturated heterocycles. The summed E-state index contributed by atoms with van der Waals surface area (Å²) in [5, 5.41) is 23.7. The van der Waals surface area contributed by atoms with E-state index in [4.69, 9.17) is 4.74 Å². The number of rotatable bonds is 45. The first kappa shape index (κ1) is 58.3. The van der Waals surface area contributed by atoms with Crippen LogP contribution in [0.25, 0.3) is 0 Å². The largest absolute Gasteiger partial charge is 0.462 e. The van der Waals surface area contributed by atoms with E-state index in [1.165, 1.54) is 116 Å². The van der Waals surface area contributed by atoms with E-state index >= 15 is 0 Å². The highest BCUT2D eigenvalue weighted by Gasteiger charge is 2.24. The number of aliphatic hydroxyl groups is 2. The predicted octanol–water partition coefficient (Wildman–Crippen LogP) is 15.4. The average molecular weight is 852 g/mol. The first-order valence-electron chi connectivity index (χ1n) is 25.7. The number of hydrogen-bond acceptors (Lipinski definition) is 5. The second-order valence-electron chi connectivity index (χ2n) is 17.2. The van der Waals surface area contributed by atoms with Crippen LogP contribution in [0.4, 0.5) is 0 Å². The average Bonchev–Trinajstić information content (AvgIpc) is 3.25. The van der Waals surface area contributed by atoms with Gasteiger partial charge >= 0.3 is 5.97 Å². The summed E-state index contributed by atoms with van der Waals surface area (Å²) < 4.78 is 5.90. The van der Waals surface area contributed by atoms with Crippen LogP contribution in [-0.2, 0) is 14.3 Å². The zero-order chi connectivity index (χ0) is 44.5. The number of carbonyl (C=O) groups excluding carboxylic acids is 2. The molecule has 3 atom stereocenters. The summed E-state index contributed by atoms with van der Waals surface area (Å²) in [5.41, 5.74) is 0. The molecule has 0 aliphatic carbocycles. The molecule has 0 aromatic carbocycles. The normalized spacial score (nSPS) is 13.9. The van der Waals surface area contributed by atoms with Crippen molar-refractivity contribution in [2.45, 2.75) is 257 Å². The molecule has 0 fully saturated rings. The Balaban J connectivity index is 4.73. The fourth-order valence-electron chi connectivity index (χ4n) is 7.35. The Labute approximate surface area is 377 Å². The van der Waals surface area contributed by atoms with Crippen molar-refractivity contribution >= 4 is 11.9 Å². The lowest BCUT2D eigenvalue weighted by molar-refractivity contribution is -0.151. The Morgan fingerprint density at radius 3 is 1.43 bits per heavy atom. The highest BCUT2D eigenvalue weighted by molar-refractivity contribution is 5.77. The van der Waals surface area contributed by atoms with E-state index in [0.717, 1.165) is 77.0 Å². The van der Waals surface area contributed by atoms with Crippen LogP contribution >= 0.6 is 0 Å². The number of unbranched alkanes of at least 4 members (excludes halogenated alkanes) is 22. The number of allylic oxidation sites excluding steroid dienone is 12. The third-order valence-corrected chi connectivity index (χ3v) is 11.3. The Hall–Kier alpha value is -2.70. The van der Waals surface area contributed by atoms with Gasteiger partial charge in [-0.2, -0.15) is 0 Å². The van der Waals surface area contributed by atoms with E-state index in [-0.39, 0.29) is 24.9 Å². The Bertz CT molecular complexity index is 1140. The molecule has 0 aliphatic rings. The predicted molar refractivity (Wildman–Crippen MR) is 264 cm³/mol. The number of aliphatic hydroxyl groups excluding tert-OH is 2. The molecule has 0 saturated carbocycles. The van der Waals surface area contributed by atoms with Crippen LogP contribution in [0.1, 0.15) is 239 Å². The SMILES string of the molecule is CCCCC/C=C\C/C=C\C/C=C\C/C=C\CCCC(CC(=O)NC(CO)C(O)CCCCCCCCCCCC)OC(=O)CCCCCCCC/C=C/C=C/CCCCC. The van der Waals surface area contributed by atoms with Gasteiger partial charge in [-0.15, -0.1) is 0 Å². The van der Waals surface area contributed by atoms with Crippen molar-refractivity contribution in [1.29, 1.82) is 0 Å². The monoisotopic (exact) mass is 852 g/mol. The van der Waals surface area contributed by atoms with Gasteiger partial charge in [-0.25, -0.2) is 0 Å². The van der Waals surface area contributed by atoms with Gasteiger partial charge in [-0.1, -0.05) is 209 Å². The molecule has 0 bridgehead atoms. The van der Waals surface area contributed by atoms with Crippen LogP contribution < -0.4 is 5.32 Å². The number of ether oxygens (including phenoxy) is 1. The van der Waals surface area contributed by atoms with Crippen molar-refractivity contribution in [3.63, 3.8) is 0 Å². The zero-order valence-corrected chi connectivity index (χ0v) is 40.0. The highest BCUT2D eigenvalue weighted by Crippen LogP contribution is 2.16. The highest BCUT2D eigenvalue weighted by atomic mass is 16.5. The first-order valence-corrected chi connectivity index (χ1v) is 25.7. The third-order valence-electron chi connectivity index (χ3n) is 11.3. The minimum absolute atomic E-state index is 0.0327. The van der Waals surface area contributed by atoms with Gasteiger partial charge in [-0.05, 0) is 89.9 Å². The second kappa shape index (κ2) is 48.3. The molecule has 0 aromatic heterocycles. The molecule has 3 N–H and O–H groups in total. The molecular formula is C55H97NO5. The molecule has 61 heavy (non-hydrogen) atoms. The molecule has 0 rings (SSSR count). The lowest BCUT2D eigenvalue weighted by Gasteiger charge is -2.24. The number of hydrogen-bond donors (Lipinski definition) is 3. The molecule has 3 unspecified atom stereocenters. The molecule has 0 radical (unpaired) electrons. The summed E-state index contributed by atoms with van der Waals surface area (Å²) in [6.07, 6.45) is 61.0. The smallest absolute Gasteiger partial charge is 0.306 e. The minimum Gasteiger partial charge on any atom is -0.462 e. The van der Waals surface area contributed by atoms with E-state index in [2.05, 4.69) is 99.0 Å². The number of esters is 1. The van der Waals surface area contributed by atoms with Gasteiger partial charge in [0.05, 0.1) is 25.2 Å². The Morgan fingerprint density at radius 1 is 0.492 bits per heavy atom. The van der Waals surface area contributed by atoms with E-state index in [1.54, 1.807) is 0 Å². The molecule has 352 valence electrons. The van der Waals surface area contributed by atoms with Gasteiger partial charge in [0.1, 0.15) is 6.10 Å². The van der Waals surface area contributed by atoms with Gasteiger partial charge in [0.15, 0.2) is 0 Å². The van der Waals surface area contributed by atoms with Crippen molar-refractivity contribution in [1.82, 2.24) is 5.32 Å². The zero-order valence-electron chi connectivity index (χ0n) is 40.0. The molecular weight excluding hydrogens is 755 g/mol. The summed E-state index contributed by atoms with van der Waals surface area (Å²) in [4.78, 5) is 26.1. The van der Waals surface area contributed by atoms with Crippen LogP contribution in [0.15, 0.2) is 72.9 Å². The van der Waals surface area contributed by atoms with Gasteiger partial charge < -0.3 is 20.3 Å². The summed E-state index contributed by atoms with van der Waals surface area (Å²) in [5.74, 6) is -0.544. The Kier molecular flexibility index (Phi) is 46.2. The lowest BCUT2D eigenvalue weighted by atomic mass is 10.0. The van der Waals surface area contributed by atoms with Crippen molar-refractivity contribution < 1.29 is 24.5 Å². The van der Waals surface area contributed by atoms with E-state index < -0.39 is 18.2 Å². The lowest BCUT2D eigenvalue weighted by Crippen LogP contribution is -2.46. The minimum atomic E-state index is -0.805. The van der Waals surface area contributed by atoms with Crippen LogP contribution in [-0.4, -0.2) is 46.9 Å². The fraction of sp³-hybridized carbons (Fsp3) is 0.745. The molecule has 0 aliphatic heterocycles. The molecule has 0 spiro atoms. The summed E-state index contributed by atoms with van der Waals surface area (Å²) in [7, 11) is 0. The standard InChI is InChI=1S/C55H97NO5/c1-4-7-10-13-16-19-22-24-26-27-29-30-32-34-37-40-43-46-51(61-55(60)48-45-42-39-36-33-31-28-25-23-20-17-14-11-8-5-2)49-54(59)56-52(50-57)53(58)47-44-41-38-35-21-18-15-12-9-6-3/h16-17,19-20,23-26,29-30,34,37,51-53,57-58H,4-15,18,21-22,27-28,31-33,35-36,38-50H2,1-3H3,(H,56,59)/b19-16-,20-17+,25-23+,26-24-,30-29-,37-34-.